The second-order valence-electron chi connectivity index (χ2n) is 12.3. The Morgan fingerprint density at radius 1 is 0.911 bits per heavy atom. The molecule has 2 fully saturated rings. The van der Waals surface area contributed by atoms with Crippen LogP contribution in [0.5, 0.6) is 0 Å². The third-order valence-corrected chi connectivity index (χ3v) is 10.6. The van der Waals surface area contributed by atoms with Gasteiger partial charge in [-0.15, -0.1) is 0 Å². The van der Waals surface area contributed by atoms with Crippen molar-refractivity contribution in [1.29, 1.82) is 0 Å². The number of likely N-dealkylation sites (tertiary alicyclic amines) is 1. The highest BCUT2D eigenvalue weighted by atomic mass is 79.9. The molecule has 2 aliphatic carbocycles. The van der Waals surface area contributed by atoms with E-state index < -0.39 is 30.1 Å². The van der Waals surface area contributed by atoms with Crippen molar-refractivity contribution in [3.63, 3.8) is 0 Å². The van der Waals surface area contributed by atoms with E-state index in [1.807, 2.05) is 23.2 Å². The van der Waals surface area contributed by atoms with Crippen molar-refractivity contribution in [1.82, 2.24) is 9.88 Å². The summed E-state index contributed by atoms with van der Waals surface area (Å²) in [4.78, 5) is 45.5. The van der Waals surface area contributed by atoms with Crippen LogP contribution in [-0.2, 0) is 31.9 Å². The van der Waals surface area contributed by atoms with Crippen molar-refractivity contribution in [2.75, 3.05) is 13.1 Å². The molecule has 0 spiro atoms. The predicted molar refractivity (Wildman–Crippen MR) is 178 cm³/mol. The number of carbonyl (C=O) groups is 3. The molecule has 1 amide bonds. The molecule has 3 unspecified atom stereocenters. The first-order chi connectivity index (χ1) is 21.7. The highest BCUT2D eigenvalue weighted by molar-refractivity contribution is 9.10. The second-order valence-corrected chi connectivity index (χ2v) is 14.5. The molecule has 2 heterocycles. The average molecular weight is 759 g/mol. The third kappa shape index (κ3) is 7.31. The fraction of sp³-hybridized carbons (Fsp3) is 0.429. The lowest BCUT2D eigenvalue weighted by Gasteiger charge is -2.40. The van der Waals surface area contributed by atoms with E-state index in [0.717, 1.165) is 40.3 Å². The van der Waals surface area contributed by atoms with Crippen LogP contribution in [0.3, 0.4) is 0 Å². The van der Waals surface area contributed by atoms with Gasteiger partial charge >= 0.3 is 11.9 Å². The van der Waals surface area contributed by atoms with E-state index in [9.17, 15) is 14.4 Å². The number of pyridine rings is 1. The van der Waals surface area contributed by atoms with Crippen LogP contribution < -0.4 is 0 Å². The Morgan fingerprint density at radius 3 is 2.31 bits per heavy atom. The fourth-order valence-electron chi connectivity index (χ4n) is 7.38. The van der Waals surface area contributed by atoms with Gasteiger partial charge < -0.3 is 14.4 Å². The van der Waals surface area contributed by atoms with E-state index in [1.54, 1.807) is 24.3 Å². The largest absolute Gasteiger partial charge is 0.462 e. The van der Waals surface area contributed by atoms with Gasteiger partial charge in [-0.25, -0.2) is 4.79 Å². The summed E-state index contributed by atoms with van der Waals surface area (Å²) >= 11 is 13.9. The van der Waals surface area contributed by atoms with Crippen LogP contribution in [0.25, 0.3) is 0 Å². The van der Waals surface area contributed by atoms with E-state index >= 15 is 0 Å². The Labute approximate surface area is 285 Å². The molecular formula is C35H35Br2ClN2O5. The van der Waals surface area contributed by atoms with Gasteiger partial charge in [0.2, 0.25) is 5.91 Å². The zero-order valence-corrected chi connectivity index (χ0v) is 28.9. The lowest BCUT2D eigenvalue weighted by atomic mass is 9.76. The maximum absolute atomic E-state index is 14.0. The number of carbonyl (C=O) groups excluding carboxylic acids is 3. The minimum absolute atomic E-state index is 0.0303. The number of hydrogen-bond donors (Lipinski definition) is 0. The number of aryl methyl sites for hydroxylation is 2. The van der Waals surface area contributed by atoms with E-state index in [0.29, 0.717) is 42.9 Å². The van der Waals surface area contributed by atoms with Gasteiger partial charge in [-0.2, -0.15) is 0 Å². The van der Waals surface area contributed by atoms with Gasteiger partial charge in [0.1, 0.15) is 12.2 Å². The van der Waals surface area contributed by atoms with E-state index in [4.69, 9.17) is 26.1 Å². The van der Waals surface area contributed by atoms with Crippen molar-refractivity contribution in [2.45, 2.75) is 70.0 Å². The molecule has 2 aromatic carbocycles. The number of amides is 1. The summed E-state index contributed by atoms with van der Waals surface area (Å²) < 4.78 is 13.4. The molecule has 1 saturated heterocycles. The number of nitrogens with zero attached hydrogens (tertiary/aromatic N) is 2. The molecule has 1 aliphatic heterocycles. The zero-order chi connectivity index (χ0) is 31.7. The first kappa shape index (κ1) is 32.2. The number of fused-ring (bicyclic) bond motifs is 2. The summed E-state index contributed by atoms with van der Waals surface area (Å²) in [6.45, 7) is 2.61. The highest BCUT2D eigenvalue weighted by Crippen LogP contribution is 2.46. The molecule has 1 saturated carbocycles. The van der Waals surface area contributed by atoms with E-state index in [1.165, 1.54) is 23.6 Å². The van der Waals surface area contributed by atoms with Crippen molar-refractivity contribution in [2.24, 2.45) is 11.8 Å². The quantitative estimate of drug-likeness (QED) is 0.248. The number of halogens is 3. The molecule has 4 atom stereocenters. The van der Waals surface area contributed by atoms with Gasteiger partial charge in [0.25, 0.3) is 0 Å². The fourth-order valence-corrected chi connectivity index (χ4v) is 8.88. The number of benzene rings is 2. The number of esters is 2. The summed E-state index contributed by atoms with van der Waals surface area (Å²) in [5.74, 6) is -0.840. The lowest BCUT2D eigenvalue weighted by Crippen LogP contribution is -2.47. The summed E-state index contributed by atoms with van der Waals surface area (Å²) in [5.41, 5.74) is 5.28. The van der Waals surface area contributed by atoms with Crippen molar-refractivity contribution >= 4 is 61.3 Å². The summed E-state index contributed by atoms with van der Waals surface area (Å²) in [6.07, 6.45) is 5.52. The maximum Gasteiger partial charge on any atom is 0.338 e. The van der Waals surface area contributed by atoms with Gasteiger partial charge in [-0.3, -0.25) is 14.6 Å². The number of rotatable bonds is 5. The Bertz CT molecular complexity index is 1590. The molecule has 0 bridgehead atoms. The zero-order valence-electron chi connectivity index (χ0n) is 25.0. The smallest absolute Gasteiger partial charge is 0.338 e. The Kier molecular flexibility index (Phi) is 9.97. The van der Waals surface area contributed by atoms with Crippen LogP contribution in [0, 0.1) is 11.8 Å². The summed E-state index contributed by atoms with van der Waals surface area (Å²) in [6, 6.07) is 15.0. The molecule has 45 heavy (non-hydrogen) atoms. The Morgan fingerprint density at radius 2 is 1.60 bits per heavy atom. The van der Waals surface area contributed by atoms with Gasteiger partial charge in [0.15, 0.2) is 0 Å². The Balaban J connectivity index is 1.18. The van der Waals surface area contributed by atoms with Crippen LogP contribution in [0.2, 0.25) is 5.02 Å². The maximum atomic E-state index is 14.0. The van der Waals surface area contributed by atoms with Gasteiger partial charge in [0, 0.05) is 58.4 Å². The Hall–Kier alpha value is -2.75. The minimum atomic E-state index is -0.518. The molecule has 236 valence electrons. The van der Waals surface area contributed by atoms with Crippen molar-refractivity contribution in [3.8, 4) is 0 Å². The van der Waals surface area contributed by atoms with Crippen LogP contribution in [0.4, 0.5) is 0 Å². The van der Waals surface area contributed by atoms with E-state index in [-0.39, 0.29) is 17.7 Å². The minimum Gasteiger partial charge on any atom is -0.462 e. The molecule has 3 aromatic rings. The third-order valence-electron chi connectivity index (χ3n) is 9.33. The topological polar surface area (TPSA) is 85.8 Å². The number of ether oxygens (including phenoxy) is 2. The molecular weight excluding hydrogens is 724 g/mol. The summed E-state index contributed by atoms with van der Waals surface area (Å²) in [5, 5.41) is 0.715. The molecule has 10 heteroatoms. The van der Waals surface area contributed by atoms with Gasteiger partial charge in [-0.05, 0) is 107 Å². The molecule has 0 radical (unpaired) electrons. The number of hydrogen-bond acceptors (Lipinski definition) is 6. The molecule has 7 nitrogen and oxygen atoms in total. The summed E-state index contributed by atoms with van der Waals surface area (Å²) in [7, 11) is 0. The monoisotopic (exact) mass is 756 g/mol. The first-order valence-corrected chi connectivity index (χ1v) is 17.5. The van der Waals surface area contributed by atoms with Crippen LogP contribution in [0.15, 0.2) is 63.7 Å². The van der Waals surface area contributed by atoms with Gasteiger partial charge in [0.05, 0.1) is 11.3 Å². The second kappa shape index (κ2) is 13.9. The predicted octanol–water partition coefficient (Wildman–Crippen LogP) is 7.69. The highest BCUT2D eigenvalue weighted by Gasteiger charge is 2.41. The first-order valence-electron chi connectivity index (χ1n) is 15.5. The van der Waals surface area contributed by atoms with Crippen molar-refractivity contribution < 1.29 is 23.9 Å². The molecule has 0 N–H and O–H groups in total. The lowest BCUT2D eigenvalue weighted by molar-refractivity contribution is -0.155. The normalized spacial score (nSPS) is 23.3. The number of aromatic nitrogens is 1. The van der Waals surface area contributed by atoms with Crippen LogP contribution >= 0.6 is 43.5 Å². The molecule has 3 aliphatic rings. The molecule has 1 aromatic heterocycles. The SMILES string of the molecule is CC(=O)OC1CC(OC(=O)c2ccccc2)CC(C(=O)N2CCC([C@H]3c4ncc(Br)cc4CCc4cc(Cl)cc(Br)c43)CC2)C1. The number of piperidine rings is 1. The standard InChI is InChI=1S/C35H35Br2ClN2O5/c1-20(41)44-28-15-25(16-29(18-28)45-35(43)22-5-3-2-4-6-22)34(42)40-11-9-21(10-12-40)32-31-23(14-27(38)17-30(31)37)7-8-24-13-26(36)19-39-33(24)32/h2-6,13-14,17,19,21,25,28-29,32H,7-12,15-16,18H2,1H3/t25?,28?,29?,32-/m1/s1. The van der Waals surface area contributed by atoms with Crippen LogP contribution in [0.1, 0.15) is 77.7 Å². The average Bonchev–Trinajstić information content (AvgIpc) is 3.17. The van der Waals surface area contributed by atoms with Gasteiger partial charge in [-0.1, -0.05) is 45.7 Å². The van der Waals surface area contributed by atoms with E-state index in [2.05, 4.69) is 44.0 Å². The van der Waals surface area contributed by atoms with Crippen molar-refractivity contribution in [3.05, 3.63) is 96.6 Å². The van der Waals surface area contributed by atoms with Crippen LogP contribution in [-0.4, -0.2) is 53.0 Å². The molecule has 6 rings (SSSR count).